The van der Waals surface area contributed by atoms with Crippen molar-refractivity contribution in [3.8, 4) is 68.2 Å². The van der Waals surface area contributed by atoms with Gasteiger partial charge in [-0.3, -0.25) is 0 Å². The molecule has 0 amide bonds. The molecule has 3 aromatic heterocycles. The third-order valence-corrected chi connectivity index (χ3v) is 14.2. The highest BCUT2D eigenvalue weighted by Crippen LogP contribution is 2.38. The summed E-state index contributed by atoms with van der Waals surface area (Å²) in [5.74, 6) is 14.4. The fourth-order valence-corrected chi connectivity index (χ4v) is 9.21. The van der Waals surface area contributed by atoms with Crippen LogP contribution in [-0.2, 0) is 0 Å². The molecule has 5 heterocycles. The van der Waals surface area contributed by atoms with Gasteiger partial charge in [0.05, 0.1) is 34.3 Å². The molecule has 66 heavy (non-hydrogen) atoms. The molecule has 0 radical (unpaired) electrons. The Labute approximate surface area is 405 Å². The van der Waals surface area contributed by atoms with Crippen LogP contribution >= 0.6 is 48.0 Å². The van der Waals surface area contributed by atoms with Gasteiger partial charge in [0.25, 0.3) is 0 Å². The molecule has 6 nitrogen and oxygen atoms in total. The number of nitrogens with one attached hydrogen (secondary N) is 2. The fraction of sp³-hybridized carbons (Fsp3) is 0.107. The van der Waals surface area contributed by atoms with Crippen LogP contribution in [0.1, 0.15) is 33.9 Å². The van der Waals surface area contributed by atoms with Gasteiger partial charge >= 0.3 is 0 Å². The largest absolute Gasteiger partial charge is 0.364 e. The van der Waals surface area contributed by atoms with Crippen LogP contribution in [0.3, 0.4) is 0 Å². The SMILES string of the molecule is CN(C)C(=S)SCC#Cc1ccc(-c2c3nc(c(-c4ccccc4)c4ccc([nH]4)c(-c4ccc(C#CCSC(=S)N(C)C)cc4)c4nc(c(-c5ccccc5)c5ccc2[nH]5)C=C4)C=C3)cc1. The van der Waals surface area contributed by atoms with Gasteiger partial charge in [-0.2, -0.15) is 0 Å². The Bertz CT molecular complexity index is 3110. The Morgan fingerprint density at radius 1 is 0.439 bits per heavy atom. The first-order chi connectivity index (χ1) is 32.2. The lowest BCUT2D eigenvalue weighted by Crippen LogP contribution is -2.16. The number of hydrogen-bond donors (Lipinski definition) is 2. The van der Waals surface area contributed by atoms with Crippen LogP contribution in [0.15, 0.2) is 133 Å². The Morgan fingerprint density at radius 3 is 1.05 bits per heavy atom. The van der Waals surface area contributed by atoms with Gasteiger partial charge in [-0.1, -0.05) is 157 Å². The molecule has 8 bridgehead atoms. The maximum Gasteiger partial charge on any atom is 0.136 e. The van der Waals surface area contributed by atoms with Gasteiger partial charge in [0.15, 0.2) is 0 Å². The van der Waals surface area contributed by atoms with Gasteiger partial charge in [-0.25, -0.2) is 9.97 Å². The molecular weight excluding hydrogens is 885 g/mol. The minimum absolute atomic E-state index is 0.625. The summed E-state index contributed by atoms with van der Waals surface area (Å²) in [6, 6.07) is 46.4. The number of hydrogen-bond acceptors (Lipinski definition) is 6. The molecule has 2 N–H and O–H groups in total. The van der Waals surface area contributed by atoms with Gasteiger partial charge in [-0.05, 0) is 95.1 Å². The molecule has 7 aromatic rings. The first kappa shape index (κ1) is 44.3. The number of nitrogens with zero attached hydrogens (tertiary/aromatic N) is 4. The number of H-pyrrole nitrogens is 2. The molecule has 0 spiro atoms. The van der Waals surface area contributed by atoms with E-state index in [9.17, 15) is 0 Å². The van der Waals surface area contributed by atoms with E-state index >= 15 is 0 Å². The summed E-state index contributed by atoms with van der Waals surface area (Å²) in [5, 5.41) is 0. The summed E-state index contributed by atoms with van der Waals surface area (Å²) >= 11 is 14.0. The summed E-state index contributed by atoms with van der Waals surface area (Å²) in [5.41, 5.74) is 17.1. The lowest BCUT2D eigenvalue weighted by atomic mass is 10.0. The zero-order chi connectivity index (χ0) is 45.6. The molecule has 0 aliphatic carbocycles. The van der Waals surface area contributed by atoms with Crippen molar-refractivity contribution in [2.24, 2.45) is 0 Å². The predicted octanol–water partition coefficient (Wildman–Crippen LogP) is 13.2. The first-order valence-corrected chi connectivity index (χ1v) is 24.1. The van der Waals surface area contributed by atoms with Crippen molar-refractivity contribution < 1.29 is 0 Å². The molecule has 9 rings (SSSR count). The maximum absolute atomic E-state index is 5.45. The van der Waals surface area contributed by atoms with Gasteiger partial charge in [0.1, 0.15) is 8.64 Å². The number of aromatic nitrogens is 4. The summed E-state index contributed by atoms with van der Waals surface area (Å²) < 4.78 is 1.64. The van der Waals surface area contributed by atoms with Crippen LogP contribution in [-0.4, -0.2) is 78.1 Å². The Hall–Kier alpha value is -6.92. The third-order valence-electron chi connectivity index (χ3n) is 11.0. The average Bonchev–Trinajstić information content (AvgIpc) is 4.19. The normalized spacial score (nSPS) is 11.3. The van der Waals surface area contributed by atoms with Crippen LogP contribution < -0.4 is 0 Å². The lowest BCUT2D eigenvalue weighted by molar-refractivity contribution is 0.648. The maximum atomic E-state index is 5.45. The zero-order valence-electron chi connectivity index (χ0n) is 36.8. The standard InChI is InChI=1S/C56H44N6S4/c1-61(2)55(63)65-35-11-13-37-19-23-41(24-20-37)53-47-31-27-43(57-47)51(39-15-7-5-8-16-39)45-29-33-49(59-45)54(42-25-21-38(22-26-42)14-12-36-66-56(64)62(3)4)50-34-30-46(60-50)52(40-17-9-6-10-18-40)44-28-32-48(53)58-44/h5-10,15-34,57,60H,35-36H2,1-4H3. The molecule has 0 saturated carbocycles. The summed E-state index contributed by atoms with van der Waals surface area (Å²) in [6.45, 7) is 0. The monoisotopic (exact) mass is 928 g/mol. The summed E-state index contributed by atoms with van der Waals surface area (Å²) in [4.78, 5) is 22.5. The average molecular weight is 929 g/mol. The van der Waals surface area contributed by atoms with Crippen molar-refractivity contribution in [2.75, 3.05) is 39.7 Å². The second-order valence-corrected chi connectivity index (χ2v) is 19.1. The van der Waals surface area contributed by atoms with Gasteiger partial charge in [-0.15, -0.1) is 0 Å². The summed E-state index contributed by atoms with van der Waals surface area (Å²) in [6.07, 6.45) is 8.49. The van der Waals surface area contributed by atoms with Crippen LogP contribution in [0.4, 0.5) is 0 Å². The second kappa shape index (κ2) is 20.1. The van der Waals surface area contributed by atoms with Crippen molar-refractivity contribution in [1.82, 2.24) is 29.7 Å². The van der Waals surface area contributed by atoms with E-state index in [2.05, 4.69) is 179 Å². The Morgan fingerprint density at radius 2 is 0.742 bits per heavy atom. The molecule has 0 atom stereocenters. The van der Waals surface area contributed by atoms with Crippen molar-refractivity contribution >= 4 is 103 Å². The van der Waals surface area contributed by atoms with Crippen molar-refractivity contribution in [3.05, 3.63) is 167 Å². The van der Waals surface area contributed by atoms with Crippen LogP contribution in [0.2, 0.25) is 0 Å². The minimum Gasteiger partial charge on any atom is -0.364 e. The molecule has 2 aliphatic heterocycles. The quantitative estimate of drug-likeness (QED) is 0.126. The van der Waals surface area contributed by atoms with E-state index in [0.717, 1.165) is 109 Å². The molecule has 322 valence electrons. The number of benzene rings is 4. The molecule has 10 heteroatoms. The van der Waals surface area contributed by atoms with E-state index in [1.807, 2.05) is 50.1 Å². The molecule has 0 saturated heterocycles. The first-order valence-electron chi connectivity index (χ1n) is 21.3. The van der Waals surface area contributed by atoms with Gasteiger partial charge in [0.2, 0.25) is 0 Å². The second-order valence-electron chi connectivity index (χ2n) is 15.9. The van der Waals surface area contributed by atoms with E-state index in [1.165, 1.54) is 0 Å². The molecule has 0 fully saturated rings. The van der Waals surface area contributed by atoms with E-state index in [0.29, 0.717) is 11.5 Å². The molecular formula is C56H44N6S4. The van der Waals surface area contributed by atoms with Crippen LogP contribution in [0.25, 0.3) is 90.9 Å². The number of thioether (sulfide) groups is 2. The Kier molecular flexibility index (Phi) is 13.5. The minimum atomic E-state index is 0.625. The van der Waals surface area contributed by atoms with E-state index in [1.54, 1.807) is 23.5 Å². The van der Waals surface area contributed by atoms with E-state index < -0.39 is 0 Å². The lowest BCUT2D eigenvalue weighted by Gasteiger charge is -2.10. The van der Waals surface area contributed by atoms with E-state index in [4.69, 9.17) is 34.4 Å². The predicted molar refractivity (Wildman–Crippen MR) is 292 cm³/mol. The number of rotatable bonds is 6. The van der Waals surface area contributed by atoms with Crippen molar-refractivity contribution in [3.63, 3.8) is 0 Å². The zero-order valence-corrected chi connectivity index (χ0v) is 40.1. The topological polar surface area (TPSA) is 63.8 Å². The highest BCUT2D eigenvalue weighted by Gasteiger charge is 2.19. The number of aromatic amines is 2. The summed E-state index contributed by atoms with van der Waals surface area (Å²) in [7, 11) is 7.81. The van der Waals surface area contributed by atoms with Crippen molar-refractivity contribution in [1.29, 1.82) is 0 Å². The highest BCUT2D eigenvalue weighted by molar-refractivity contribution is 8.23. The molecule has 4 aromatic carbocycles. The molecule has 0 unspecified atom stereocenters. The number of thiocarbonyl (C=S) groups is 2. The van der Waals surface area contributed by atoms with Crippen LogP contribution in [0, 0.1) is 23.7 Å². The smallest absolute Gasteiger partial charge is 0.136 e. The molecule has 2 aliphatic rings. The third kappa shape index (κ3) is 9.84. The highest BCUT2D eigenvalue weighted by atomic mass is 32.2. The fourth-order valence-electron chi connectivity index (χ4n) is 7.80. The van der Waals surface area contributed by atoms with E-state index in [-0.39, 0.29) is 0 Å². The van der Waals surface area contributed by atoms with Gasteiger partial charge < -0.3 is 19.8 Å². The van der Waals surface area contributed by atoms with Gasteiger partial charge in [0, 0.05) is 83.6 Å². The van der Waals surface area contributed by atoms with Crippen LogP contribution in [0.5, 0.6) is 0 Å². The number of fused-ring (bicyclic) bond motifs is 8. The Balaban J connectivity index is 1.26. The van der Waals surface area contributed by atoms with Crippen molar-refractivity contribution in [2.45, 2.75) is 0 Å².